The number of thioether (sulfide) groups is 1. The van der Waals surface area contributed by atoms with E-state index in [0.29, 0.717) is 5.41 Å². The van der Waals surface area contributed by atoms with Gasteiger partial charge in [-0.3, -0.25) is 4.99 Å². The molecule has 3 heteroatoms. The molecule has 134 valence electrons. The average molecular weight is 382 g/mol. The largest absolute Gasteiger partial charge is 0.285 e. The van der Waals surface area contributed by atoms with Crippen molar-refractivity contribution < 1.29 is 0 Å². The first-order valence-electron chi connectivity index (χ1n) is 9.28. The highest BCUT2D eigenvalue weighted by molar-refractivity contribution is 8.12. The summed E-state index contributed by atoms with van der Waals surface area (Å²) in [5, 5.41) is 3.43. The summed E-state index contributed by atoms with van der Waals surface area (Å²) in [6.45, 7) is 5.78. The lowest BCUT2D eigenvalue weighted by molar-refractivity contribution is 0.432. The summed E-state index contributed by atoms with van der Waals surface area (Å²) in [5.74, 6) is 1.19. The first-order valence-corrected chi connectivity index (χ1v) is 10.7. The van der Waals surface area contributed by atoms with E-state index in [1.807, 2.05) is 11.6 Å². The number of aryl methyl sites for hydroxylation is 1. The van der Waals surface area contributed by atoms with Crippen molar-refractivity contribution >= 4 is 45.3 Å². The Morgan fingerprint density at radius 3 is 2.73 bits per heavy atom. The zero-order valence-corrected chi connectivity index (χ0v) is 17.0. The first-order chi connectivity index (χ1) is 12.6. The summed E-state index contributed by atoms with van der Waals surface area (Å²) in [4.78, 5) is 3.92. The monoisotopic (exact) mass is 381 g/mol. The van der Waals surface area contributed by atoms with Crippen molar-refractivity contribution in [1.29, 1.82) is 0 Å². The number of nitrogens with zero attached hydrogens (tertiary/aromatic N) is 1. The standard InChI is InChI=1S/C20H19Cl.C3H5NS/c1-20(2)11-3-4-18-17-7-5-13-12-14(21)6-8-15(13)16(17)9-10-19(18)20;1-2-5-3-4-1/h3-8,12H,9-11H2,1-2H3;3H,1-2H2. The Labute approximate surface area is 165 Å². The van der Waals surface area contributed by atoms with Crippen molar-refractivity contribution in [2.24, 2.45) is 10.4 Å². The van der Waals surface area contributed by atoms with Gasteiger partial charge in [0.15, 0.2) is 0 Å². The Bertz CT molecular complexity index is 931. The normalized spacial score (nSPS) is 19.8. The second kappa shape index (κ2) is 7.25. The molecule has 0 radical (unpaired) electrons. The van der Waals surface area contributed by atoms with E-state index in [4.69, 9.17) is 11.6 Å². The zero-order valence-electron chi connectivity index (χ0n) is 15.4. The fourth-order valence-electron chi connectivity index (χ4n) is 4.19. The zero-order chi connectivity index (χ0) is 18.1. The molecule has 0 saturated carbocycles. The molecule has 2 aromatic carbocycles. The summed E-state index contributed by atoms with van der Waals surface area (Å²) in [6, 6.07) is 10.8. The summed E-state index contributed by atoms with van der Waals surface area (Å²) < 4.78 is 0. The Morgan fingerprint density at radius 1 is 1.12 bits per heavy atom. The maximum atomic E-state index is 6.13. The van der Waals surface area contributed by atoms with Crippen molar-refractivity contribution in [3.8, 4) is 0 Å². The maximum absolute atomic E-state index is 6.13. The molecular formula is C23H24ClNS. The van der Waals surface area contributed by atoms with Gasteiger partial charge in [0, 0.05) is 17.3 Å². The minimum atomic E-state index is 0.302. The fraction of sp³-hybridized carbons (Fsp3) is 0.348. The van der Waals surface area contributed by atoms with E-state index in [0.717, 1.165) is 24.4 Å². The van der Waals surface area contributed by atoms with Crippen molar-refractivity contribution in [2.45, 2.75) is 33.1 Å². The topological polar surface area (TPSA) is 12.4 Å². The molecule has 0 unspecified atom stereocenters. The van der Waals surface area contributed by atoms with Crippen LogP contribution >= 0.6 is 23.4 Å². The molecule has 1 aliphatic heterocycles. The highest BCUT2D eigenvalue weighted by Gasteiger charge is 2.31. The molecular weight excluding hydrogens is 358 g/mol. The predicted molar refractivity (Wildman–Crippen MR) is 118 cm³/mol. The van der Waals surface area contributed by atoms with Crippen molar-refractivity contribution in [2.75, 3.05) is 12.3 Å². The Kier molecular flexibility index (Phi) is 4.98. The molecule has 5 rings (SSSR count). The lowest BCUT2D eigenvalue weighted by Crippen LogP contribution is -2.21. The number of allylic oxidation sites excluding steroid dienone is 4. The van der Waals surface area contributed by atoms with Gasteiger partial charge < -0.3 is 0 Å². The number of rotatable bonds is 0. The highest BCUT2D eigenvalue weighted by Crippen LogP contribution is 2.47. The summed E-state index contributed by atoms with van der Waals surface area (Å²) in [6.07, 6.45) is 8.15. The molecule has 0 fully saturated rings. The number of halogens is 1. The number of fused-ring (bicyclic) bond motifs is 4. The van der Waals surface area contributed by atoms with Gasteiger partial charge in [-0.2, -0.15) is 0 Å². The molecule has 2 aromatic rings. The summed E-state index contributed by atoms with van der Waals surface area (Å²) >= 11 is 7.91. The molecule has 2 aliphatic carbocycles. The van der Waals surface area contributed by atoms with E-state index < -0.39 is 0 Å². The fourth-order valence-corrected chi connectivity index (χ4v) is 4.89. The molecule has 0 bridgehead atoms. The third kappa shape index (κ3) is 3.37. The molecule has 0 N–H and O–H groups in total. The highest BCUT2D eigenvalue weighted by atomic mass is 35.5. The SMILES string of the molecule is C1=NCCS1.CC1(C)CC=CC2=C1CCc1c2ccc2cc(Cl)ccc12. The van der Waals surface area contributed by atoms with Gasteiger partial charge in [-0.1, -0.05) is 61.4 Å². The van der Waals surface area contributed by atoms with E-state index in [-0.39, 0.29) is 0 Å². The summed E-state index contributed by atoms with van der Waals surface area (Å²) in [7, 11) is 0. The Hall–Kier alpha value is -1.51. The number of hydrogen-bond acceptors (Lipinski definition) is 2. The van der Waals surface area contributed by atoms with Gasteiger partial charge in [0.05, 0.1) is 5.55 Å². The van der Waals surface area contributed by atoms with E-state index >= 15 is 0 Å². The van der Waals surface area contributed by atoms with E-state index in [1.165, 1.54) is 39.6 Å². The van der Waals surface area contributed by atoms with E-state index in [1.54, 1.807) is 17.3 Å². The van der Waals surface area contributed by atoms with Crippen molar-refractivity contribution in [3.05, 3.63) is 64.2 Å². The third-order valence-electron chi connectivity index (χ3n) is 5.55. The first kappa shape index (κ1) is 17.9. The van der Waals surface area contributed by atoms with Gasteiger partial charge >= 0.3 is 0 Å². The number of aliphatic imine (C=N–C) groups is 1. The second-order valence-corrected chi connectivity index (χ2v) is 9.11. The summed E-state index contributed by atoms with van der Waals surface area (Å²) in [5.41, 5.74) is 8.21. The van der Waals surface area contributed by atoms with E-state index in [9.17, 15) is 0 Å². The molecule has 0 saturated heterocycles. The molecule has 0 aromatic heterocycles. The molecule has 0 atom stereocenters. The number of hydrogen-bond donors (Lipinski definition) is 0. The van der Waals surface area contributed by atoms with Gasteiger partial charge in [-0.05, 0) is 64.3 Å². The quantitative estimate of drug-likeness (QED) is 0.481. The predicted octanol–water partition coefficient (Wildman–Crippen LogP) is 6.94. The van der Waals surface area contributed by atoms with Crippen LogP contribution in [0.4, 0.5) is 0 Å². The van der Waals surface area contributed by atoms with Gasteiger partial charge in [-0.25, -0.2) is 0 Å². The average Bonchev–Trinajstić information content (AvgIpc) is 3.20. The van der Waals surface area contributed by atoms with Crippen LogP contribution in [0.25, 0.3) is 16.3 Å². The molecule has 26 heavy (non-hydrogen) atoms. The van der Waals surface area contributed by atoms with Crippen LogP contribution in [0.15, 0.2) is 53.0 Å². The van der Waals surface area contributed by atoms with Crippen LogP contribution in [0.1, 0.15) is 37.8 Å². The molecule has 0 amide bonds. The minimum Gasteiger partial charge on any atom is -0.285 e. The van der Waals surface area contributed by atoms with Crippen LogP contribution in [-0.2, 0) is 6.42 Å². The molecule has 1 heterocycles. The van der Waals surface area contributed by atoms with Crippen molar-refractivity contribution in [1.82, 2.24) is 0 Å². The minimum absolute atomic E-state index is 0.302. The van der Waals surface area contributed by atoms with Crippen LogP contribution in [0.2, 0.25) is 5.02 Å². The maximum Gasteiger partial charge on any atom is 0.0542 e. The Balaban J connectivity index is 0.000000292. The van der Waals surface area contributed by atoms with Gasteiger partial charge in [-0.15, -0.1) is 11.8 Å². The molecule has 0 spiro atoms. The van der Waals surface area contributed by atoms with Crippen molar-refractivity contribution in [3.63, 3.8) is 0 Å². The smallest absolute Gasteiger partial charge is 0.0542 e. The Morgan fingerprint density at radius 2 is 2.00 bits per heavy atom. The molecule has 3 aliphatic rings. The lowest BCUT2D eigenvalue weighted by Gasteiger charge is -2.36. The lowest BCUT2D eigenvalue weighted by atomic mass is 9.68. The molecule has 1 nitrogen and oxygen atoms in total. The van der Waals surface area contributed by atoms with Crippen LogP contribution in [0.5, 0.6) is 0 Å². The van der Waals surface area contributed by atoms with Crippen LogP contribution in [-0.4, -0.2) is 17.8 Å². The van der Waals surface area contributed by atoms with Gasteiger partial charge in [0.1, 0.15) is 0 Å². The second-order valence-electron chi connectivity index (χ2n) is 7.72. The van der Waals surface area contributed by atoms with Gasteiger partial charge in [0.25, 0.3) is 0 Å². The third-order valence-corrected chi connectivity index (χ3v) is 6.50. The van der Waals surface area contributed by atoms with Crippen LogP contribution in [0.3, 0.4) is 0 Å². The van der Waals surface area contributed by atoms with E-state index in [2.05, 4.69) is 55.3 Å². The number of benzene rings is 2. The van der Waals surface area contributed by atoms with Crippen LogP contribution in [0, 0.1) is 5.41 Å². The van der Waals surface area contributed by atoms with Gasteiger partial charge in [0.2, 0.25) is 0 Å². The van der Waals surface area contributed by atoms with Crippen LogP contribution < -0.4 is 0 Å².